The SMILES string of the molecule is CC(C)C1=CC2CC3(C=O)[C@@H]4CC[C@@H](C)[C@H]4CC2([C@H]2C[C@@H](C4CCCCC4)[C@H](CNCCN4CCN(CCN5CCCC5)CC4)O2)[C@]13C(=O)O. The molecule has 0 aromatic carbocycles. The number of hydrogen-bond donors (Lipinski definition) is 2. The number of ether oxygens (including phenoxy) is 1. The maximum atomic E-state index is 14.2. The summed E-state index contributed by atoms with van der Waals surface area (Å²) >= 11 is 0. The molecule has 5 aliphatic carbocycles. The van der Waals surface area contributed by atoms with E-state index >= 15 is 0 Å². The Hall–Kier alpha value is -1.32. The average molecular weight is 693 g/mol. The Bertz CT molecular complexity index is 1270. The van der Waals surface area contributed by atoms with Crippen molar-refractivity contribution in [2.45, 2.75) is 110 Å². The first kappa shape index (κ1) is 35.7. The Kier molecular flexibility index (Phi) is 10.1. The molecular formula is C42H68N4O4. The molecule has 4 bridgehead atoms. The van der Waals surface area contributed by atoms with E-state index < -0.39 is 22.2 Å². The minimum absolute atomic E-state index is 0.102. The standard InChI is InChI=1S/C42H68N4O4/c1-29(2)36-23-32-25-40(28-47)35-12-11-30(3)34(35)26-41(32,42(36,40)39(48)49)38-24-33(31-9-5-4-6-10-31)37(50-38)27-43-13-16-45-18-21-46(22-19-45)20-17-44-14-7-8-15-44/h23,28-35,37-38,43H,4-22,24-27H2,1-3H3,(H,48,49)/t30-,32?,33+,34-,35-,37+,38-,40?,41?,42+/m1/s1. The second kappa shape index (κ2) is 14.2. The molecule has 0 spiro atoms. The number of fused-ring (bicyclic) bond motifs is 2. The van der Waals surface area contributed by atoms with E-state index in [4.69, 9.17) is 4.74 Å². The van der Waals surface area contributed by atoms with Gasteiger partial charge in [-0.05, 0) is 93.0 Å². The molecule has 280 valence electrons. The number of carboxylic acid groups (broad SMARTS) is 1. The van der Waals surface area contributed by atoms with Crippen molar-refractivity contribution in [1.82, 2.24) is 20.0 Å². The van der Waals surface area contributed by atoms with E-state index in [-0.39, 0.29) is 30.0 Å². The molecule has 3 saturated heterocycles. The van der Waals surface area contributed by atoms with Gasteiger partial charge in [-0.15, -0.1) is 0 Å². The number of carboxylic acids is 1. The first-order chi connectivity index (χ1) is 24.2. The van der Waals surface area contributed by atoms with Crippen molar-refractivity contribution in [3.8, 4) is 0 Å². The molecule has 10 atom stereocenters. The molecule has 8 aliphatic rings. The lowest BCUT2D eigenvalue weighted by molar-refractivity contribution is -0.197. The lowest BCUT2D eigenvalue weighted by Crippen LogP contribution is -2.65. The minimum Gasteiger partial charge on any atom is -0.481 e. The molecule has 7 fully saturated rings. The Morgan fingerprint density at radius 1 is 0.920 bits per heavy atom. The largest absolute Gasteiger partial charge is 0.481 e. The Morgan fingerprint density at radius 3 is 2.26 bits per heavy atom. The van der Waals surface area contributed by atoms with Gasteiger partial charge in [0.1, 0.15) is 11.7 Å². The first-order valence-corrected chi connectivity index (χ1v) is 21.2. The predicted octanol–water partition coefficient (Wildman–Crippen LogP) is 5.57. The number of piperazine rings is 1. The average Bonchev–Trinajstić information content (AvgIpc) is 3.95. The summed E-state index contributed by atoms with van der Waals surface area (Å²) in [6, 6.07) is 0. The molecule has 0 aromatic heterocycles. The number of allylic oxidation sites excluding steroid dienone is 1. The van der Waals surface area contributed by atoms with Gasteiger partial charge in [0.2, 0.25) is 0 Å². The van der Waals surface area contributed by atoms with Crippen molar-refractivity contribution >= 4 is 12.3 Å². The fourth-order valence-corrected chi connectivity index (χ4v) is 14.2. The van der Waals surface area contributed by atoms with E-state index in [9.17, 15) is 14.7 Å². The zero-order valence-electron chi connectivity index (χ0n) is 31.6. The summed E-state index contributed by atoms with van der Waals surface area (Å²) < 4.78 is 7.42. The summed E-state index contributed by atoms with van der Waals surface area (Å²) in [4.78, 5) is 35.7. The molecule has 0 amide bonds. The van der Waals surface area contributed by atoms with Gasteiger partial charge in [-0.2, -0.15) is 0 Å². The highest BCUT2D eigenvalue weighted by Crippen LogP contribution is 2.84. The van der Waals surface area contributed by atoms with E-state index in [2.05, 4.69) is 46.9 Å². The third kappa shape index (κ3) is 5.45. The molecule has 8 heteroatoms. The van der Waals surface area contributed by atoms with Gasteiger partial charge in [0.05, 0.1) is 17.6 Å². The normalized spacial score (nSPS) is 43.9. The van der Waals surface area contributed by atoms with Crippen molar-refractivity contribution in [3.05, 3.63) is 11.6 Å². The van der Waals surface area contributed by atoms with Crippen LogP contribution in [-0.4, -0.2) is 116 Å². The zero-order chi connectivity index (χ0) is 34.7. The van der Waals surface area contributed by atoms with Crippen molar-refractivity contribution < 1.29 is 19.4 Å². The topological polar surface area (TPSA) is 85.4 Å². The number of rotatable bonds is 13. The number of carbonyl (C=O) groups is 2. The summed E-state index contributed by atoms with van der Waals surface area (Å²) in [5, 5.41) is 15.5. The fourth-order valence-electron chi connectivity index (χ4n) is 14.2. The van der Waals surface area contributed by atoms with E-state index in [0.29, 0.717) is 30.1 Å². The van der Waals surface area contributed by atoms with E-state index in [1.165, 1.54) is 90.5 Å². The highest BCUT2D eigenvalue weighted by molar-refractivity contribution is 5.90. The van der Waals surface area contributed by atoms with Crippen LogP contribution in [-0.2, 0) is 14.3 Å². The van der Waals surface area contributed by atoms with E-state index in [1.54, 1.807) is 0 Å². The van der Waals surface area contributed by atoms with Crippen LogP contribution in [0.3, 0.4) is 0 Å². The van der Waals surface area contributed by atoms with Gasteiger partial charge in [-0.3, -0.25) is 14.6 Å². The first-order valence-electron chi connectivity index (χ1n) is 21.2. The Labute approximate surface area is 302 Å². The number of likely N-dealkylation sites (tertiary alicyclic amines) is 1. The Balaban J connectivity index is 0.982. The number of nitrogens with zero attached hydrogens (tertiary/aromatic N) is 3. The second-order valence-corrected chi connectivity index (χ2v) is 18.8. The van der Waals surface area contributed by atoms with Gasteiger partial charge >= 0.3 is 5.97 Å². The second-order valence-electron chi connectivity index (χ2n) is 18.8. The smallest absolute Gasteiger partial charge is 0.315 e. The molecular weight excluding hydrogens is 624 g/mol. The van der Waals surface area contributed by atoms with E-state index in [1.807, 2.05) is 0 Å². The van der Waals surface area contributed by atoms with Gasteiger partial charge in [-0.1, -0.05) is 70.9 Å². The molecule has 2 N–H and O–H groups in total. The van der Waals surface area contributed by atoms with Crippen molar-refractivity contribution in [1.29, 1.82) is 0 Å². The number of aliphatic carboxylic acids is 1. The number of carbonyl (C=O) groups excluding carboxylic acids is 1. The van der Waals surface area contributed by atoms with Crippen LogP contribution in [0.4, 0.5) is 0 Å². The summed E-state index contributed by atoms with van der Waals surface area (Å²) in [5.74, 6) is 1.70. The fraction of sp³-hybridized carbons (Fsp3) is 0.905. The molecule has 8 nitrogen and oxygen atoms in total. The van der Waals surface area contributed by atoms with Crippen LogP contribution >= 0.6 is 0 Å². The maximum Gasteiger partial charge on any atom is 0.315 e. The van der Waals surface area contributed by atoms with Gasteiger partial charge in [0, 0.05) is 64.3 Å². The number of hydrogen-bond acceptors (Lipinski definition) is 7. The van der Waals surface area contributed by atoms with Gasteiger partial charge in [0.25, 0.3) is 0 Å². The Morgan fingerprint density at radius 2 is 1.60 bits per heavy atom. The van der Waals surface area contributed by atoms with Crippen LogP contribution in [0.15, 0.2) is 11.6 Å². The zero-order valence-corrected chi connectivity index (χ0v) is 31.6. The third-order valence-electron chi connectivity index (χ3n) is 16.5. The molecule has 3 aliphatic heterocycles. The lowest BCUT2D eigenvalue weighted by Gasteiger charge is -2.60. The van der Waals surface area contributed by atoms with Gasteiger partial charge in [-0.25, -0.2) is 0 Å². The lowest BCUT2D eigenvalue weighted by atomic mass is 9.41. The van der Waals surface area contributed by atoms with Crippen LogP contribution in [0, 0.1) is 57.7 Å². The molecule has 3 heterocycles. The van der Waals surface area contributed by atoms with Crippen molar-refractivity contribution in [2.24, 2.45) is 57.7 Å². The monoisotopic (exact) mass is 693 g/mol. The molecule has 0 radical (unpaired) electrons. The van der Waals surface area contributed by atoms with Crippen LogP contribution in [0.1, 0.15) is 97.8 Å². The van der Waals surface area contributed by atoms with Crippen molar-refractivity contribution in [3.63, 3.8) is 0 Å². The summed E-state index contributed by atoms with van der Waals surface area (Å²) in [5.41, 5.74) is -1.45. The van der Waals surface area contributed by atoms with Crippen molar-refractivity contribution in [2.75, 3.05) is 72.0 Å². The molecule has 0 aromatic rings. The minimum atomic E-state index is -1.15. The highest BCUT2D eigenvalue weighted by Gasteiger charge is 2.86. The van der Waals surface area contributed by atoms with Gasteiger partial charge in [0.15, 0.2) is 0 Å². The molecule has 50 heavy (non-hydrogen) atoms. The summed E-state index contributed by atoms with van der Waals surface area (Å²) in [7, 11) is 0. The van der Waals surface area contributed by atoms with Crippen LogP contribution in [0.5, 0.6) is 0 Å². The summed E-state index contributed by atoms with van der Waals surface area (Å²) in [6.07, 6.45) is 17.4. The molecule has 4 saturated carbocycles. The quantitative estimate of drug-likeness (QED) is 0.147. The number of nitrogens with one attached hydrogen (secondary N) is 1. The van der Waals surface area contributed by atoms with Crippen LogP contribution in [0.25, 0.3) is 0 Å². The van der Waals surface area contributed by atoms with Crippen LogP contribution < -0.4 is 5.32 Å². The summed E-state index contributed by atoms with van der Waals surface area (Å²) in [6.45, 7) is 19.3. The van der Waals surface area contributed by atoms with E-state index in [0.717, 1.165) is 64.0 Å². The predicted molar refractivity (Wildman–Crippen MR) is 197 cm³/mol. The van der Waals surface area contributed by atoms with Gasteiger partial charge < -0.3 is 24.9 Å². The maximum absolute atomic E-state index is 14.2. The number of aldehydes is 1. The highest BCUT2D eigenvalue weighted by atomic mass is 16.5. The third-order valence-corrected chi connectivity index (χ3v) is 16.5. The molecule has 3 unspecified atom stereocenters. The van der Waals surface area contributed by atoms with Crippen LogP contribution in [0.2, 0.25) is 0 Å². The molecule has 8 rings (SSSR count).